The highest BCUT2D eigenvalue weighted by Crippen LogP contribution is 2.24. The number of hydrogen-bond acceptors (Lipinski definition) is 2. The smallest absolute Gasteiger partial charge is 0.00953 e. The molecule has 0 aromatic heterocycles. The van der Waals surface area contributed by atoms with Crippen LogP contribution in [0.1, 0.15) is 58.8 Å². The third kappa shape index (κ3) is 4.84. The largest absolute Gasteiger partial charge is 0.330 e. The van der Waals surface area contributed by atoms with E-state index >= 15 is 0 Å². The van der Waals surface area contributed by atoms with Crippen LogP contribution in [0.5, 0.6) is 0 Å². The van der Waals surface area contributed by atoms with E-state index in [4.69, 9.17) is 5.73 Å². The van der Waals surface area contributed by atoms with Gasteiger partial charge >= 0.3 is 0 Å². The summed E-state index contributed by atoms with van der Waals surface area (Å²) in [6.07, 6.45) is 9.56. The highest BCUT2D eigenvalue weighted by molar-refractivity contribution is 4.78. The van der Waals surface area contributed by atoms with Gasteiger partial charge < -0.3 is 10.6 Å². The minimum Gasteiger partial charge on any atom is -0.330 e. The van der Waals surface area contributed by atoms with Crippen LogP contribution < -0.4 is 5.73 Å². The van der Waals surface area contributed by atoms with Crippen molar-refractivity contribution in [3.63, 3.8) is 0 Å². The number of rotatable bonds is 8. The van der Waals surface area contributed by atoms with Crippen molar-refractivity contribution in [2.24, 2.45) is 11.7 Å². The van der Waals surface area contributed by atoms with Gasteiger partial charge in [0.2, 0.25) is 0 Å². The Balaban J connectivity index is 2.35. The summed E-state index contributed by atoms with van der Waals surface area (Å²) in [7, 11) is 0. The van der Waals surface area contributed by atoms with Gasteiger partial charge in [-0.2, -0.15) is 0 Å². The zero-order chi connectivity index (χ0) is 11.8. The summed E-state index contributed by atoms with van der Waals surface area (Å²) >= 11 is 0. The molecular formula is C14H30N2. The van der Waals surface area contributed by atoms with Gasteiger partial charge in [0.1, 0.15) is 0 Å². The first-order valence-corrected chi connectivity index (χ1v) is 7.22. The lowest BCUT2D eigenvalue weighted by molar-refractivity contribution is 0.168. The molecule has 0 aromatic carbocycles. The Morgan fingerprint density at radius 2 is 2.00 bits per heavy atom. The lowest BCUT2D eigenvalue weighted by atomic mass is 10.0. The molecule has 0 spiro atoms. The SMILES string of the molecule is CCCC(C)CN(CCCN)C1CCCC1. The van der Waals surface area contributed by atoms with Gasteiger partial charge in [0.05, 0.1) is 0 Å². The Morgan fingerprint density at radius 1 is 1.31 bits per heavy atom. The van der Waals surface area contributed by atoms with Crippen LogP contribution >= 0.6 is 0 Å². The Hall–Kier alpha value is -0.0800. The van der Waals surface area contributed by atoms with Crippen LogP contribution in [0.4, 0.5) is 0 Å². The van der Waals surface area contributed by atoms with Crippen LogP contribution in [0.15, 0.2) is 0 Å². The molecule has 0 aliphatic heterocycles. The van der Waals surface area contributed by atoms with Crippen molar-refractivity contribution in [2.75, 3.05) is 19.6 Å². The average molecular weight is 226 g/mol. The Kier molecular flexibility index (Phi) is 7.06. The van der Waals surface area contributed by atoms with E-state index in [1.54, 1.807) is 0 Å². The maximum atomic E-state index is 5.64. The zero-order valence-corrected chi connectivity index (χ0v) is 11.3. The van der Waals surface area contributed by atoms with Crippen molar-refractivity contribution in [3.05, 3.63) is 0 Å². The normalized spacial score (nSPS) is 19.5. The average Bonchev–Trinajstić information content (AvgIpc) is 2.77. The van der Waals surface area contributed by atoms with E-state index in [1.165, 1.54) is 51.6 Å². The number of nitrogens with two attached hydrogens (primary N) is 1. The number of hydrogen-bond donors (Lipinski definition) is 1. The molecule has 0 bridgehead atoms. The summed E-state index contributed by atoms with van der Waals surface area (Å²) in [6.45, 7) is 8.03. The third-order valence-corrected chi connectivity index (χ3v) is 3.82. The predicted molar refractivity (Wildman–Crippen MR) is 71.6 cm³/mol. The van der Waals surface area contributed by atoms with Crippen LogP contribution in [0.3, 0.4) is 0 Å². The first-order valence-electron chi connectivity index (χ1n) is 7.22. The van der Waals surface area contributed by atoms with Crippen LogP contribution in [0, 0.1) is 5.92 Å². The van der Waals surface area contributed by atoms with Crippen molar-refractivity contribution in [3.8, 4) is 0 Å². The van der Waals surface area contributed by atoms with Crippen molar-refractivity contribution in [1.29, 1.82) is 0 Å². The van der Waals surface area contributed by atoms with Gasteiger partial charge in [-0.15, -0.1) is 0 Å². The molecular weight excluding hydrogens is 196 g/mol. The van der Waals surface area contributed by atoms with Crippen molar-refractivity contribution >= 4 is 0 Å². The second kappa shape index (κ2) is 8.08. The molecule has 0 saturated heterocycles. The van der Waals surface area contributed by atoms with Gasteiger partial charge in [-0.05, 0) is 44.7 Å². The molecule has 1 aliphatic rings. The molecule has 16 heavy (non-hydrogen) atoms. The molecule has 1 saturated carbocycles. The summed E-state index contributed by atoms with van der Waals surface area (Å²) in [5.74, 6) is 0.850. The lowest BCUT2D eigenvalue weighted by Crippen LogP contribution is -2.38. The van der Waals surface area contributed by atoms with Gasteiger partial charge in [0.15, 0.2) is 0 Å². The molecule has 1 fully saturated rings. The predicted octanol–water partition coefficient (Wildman–Crippen LogP) is 3.02. The Labute approximate surface area is 102 Å². The zero-order valence-electron chi connectivity index (χ0n) is 11.3. The van der Waals surface area contributed by atoms with E-state index < -0.39 is 0 Å². The fourth-order valence-corrected chi connectivity index (χ4v) is 2.97. The van der Waals surface area contributed by atoms with Gasteiger partial charge in [0.25, 0.3) is 0 Å². The first kappa shape index (κ1) is 14.0. The van der Waals surface area contributed by atoms with E-state index in [9.17, 15) is 0 Å². The summed E-state index contributed by atoms with van der Waals surface area (Å²) in [4.78, 5) is 2.72. The van der Waals surface area contributed by atoms with Crippen LogP contribution in [-0.2, 0) is 0 Å². The highest BCUT2D eigenvalue weighted by atomic mass is 15.2. The van der Waals surface area contributed by atoms with Gasteiger partial charge in [-0.25, -0.2) is 0 Å². The summed E-state index contributed by atoms with van der Waals surface area (Å²) in [5.41, 5.74) is 5.64. The molecule has 2 nitrogen and oxygen atoms in total. The maximum absolute atomic E-state index is 5.64. The molecule has 0 radical (unpaired) electrons. The molecule has 1 rings (SSSR count). The minimum absolute atomic E-state index is 0.839. The molecule has 0 amide bonds. The van der Waals surface area contributed by atoms with Crippen LogP contribution in [0.25, 0.3) is 0 Å². The first-order chi connectivity index (χ1) is 7.77. The van der Waals surface area contributed by atoms with Crippen LogP contribution in [-0.4, -0.2) is 30.6 Å². The van der Waals surface area contributed by atoms with E-state index in [0.29, 0.717) is 0 Å². The fourth-order valence-electron chi connectivity index (χ4n) is 2.97. The second-order valence-corrected chi connectivity index (χ2v) is 5.47. The van der Waals surface area contributed by atoms with Gasteiger partial charge in [-0.3, -0.25) is 0 Å². The third-order valence-electron chi connectivity index (χ3n) is 3.82. The van der Waals surface area contributed by atoms with E-state index in [2.05, 4.69) is 18.7 Å². The quantitative estimate of drug-likeness (QED) is 0.689. The topological polar surface area (TPSA) is 29.3 Å². The van der Waals surface area contributed by atoms with Crippen molar-refractivity contribution in [1.82, 2.24) is 4.90 Å². The van der Waals surface area contributed by atoms with Crippen LogP contribution in [0.2, 0.25) is 0 Å². The molecule has 1 unspecified atom stereocenters. The molecule has 1 atom stereocenters. The van der Waals surface area contributed by atoms with Gasteiger partial charge in [-0.1, -0.05) is 33.1 Å². The van der Waals surface area contributed by atoms with Gasteiger partial charge in [0, 0.05) is 12.6 Å². The summed E-state index contributed by atoms with van der Waals surface area (Å²) in [5, 5.41) is 0. The minimum atomic E-state index is 0.839. The van der Waals surface area contributed by atoms with E-state index in [1.807, 2.05) is 0 Å². The standard InChI is InChI=1S/C14H30N2/c1-3-7-13(2)12-16(11-6-10-15)14-8-4-5-9-14/h13-14H,3-12,15H2,1-2H3. The fraction of sp³-hybridized carbons (Fsp3) is 1.00. The molecule has 96 valence electrons. The summed E-state index contributed by atoms with van der Waals surface area (Å²) < 4.78 is 0. The second-order valence-electron chi connectivity index (χ2n) is 5.47. The molecule has 0 aromatic rings. The molecule has 0 heterocycles. The molecule has 2 heteroatoms. The molecule has 2 N–H and O–H groups in total. The highest BCUT2D eigenvalue weighted by Gasteiger charge is 2.22. The maximum Gasteiger partial charge on any atom is 0.00953 e. The number of nitrogens with zero attached hydrogens (tertiary/aromatic N) is 1. The van der Waals surface area contributed by atoms with Crippen molar-refractivity contribution in [2.45, 2.75) is 64.8 Å². The molecule has 1 aliphatic carbocycles. The lowest BCUT2D eigenvalue weighted by Gasteiger charge is -2.31. The van der Waals surface area contributed by atoms with Crippen molar-refractivity contribution < 1.29 is 0 Å². The monoisotopic (exact) mass is 226 g/mol. The summed E-state index contributed by atoms with van der Waals surface area (Å²) in [6, 6.07) is 0.867. The Morgan fingerprint density at radius 3 is 2.56 bits per heavy atom. The van der Waals surface area contributed by atoms with E-state index in [-0.39, 0.29) is 0 Å². The van der Waals surface area contributed by atoms with E-state index in [0.717, 1.165) is 24.9 Å². The Bertz CT molecular complexity index is 164.